The minimum atomic E-state index is -0.274. The number of nitrogens with one attached hydrogen (secondary N) is 1. The first-order valence-electron chi connectivity index (χ1n) is 9.40. The molecule has 2 aromatic rings. The van der Waals surface area contributed by atoms with Gasteiger partial charge in [-0.15, -0.1) is 0 Å². The van der Waals surface area contributed by atoms with Crippen LogP contribution in [0.4, 0.5) is 16.2 Å². The molecule has 7 heteroatoms. The minimum Gasteiger partial charge on any atom is -0.396 e. The van der Waals surface area contributed by atoms with Gasteiger partial charge >= 0.3 is 6.03 Å². The minimum absolute atomic E-state index is 0.106. The van der Waals surface area contributed by atoms with Crippen LogP contribution < -0.4 is 11.1 Å². The fraction of sp³-hybridized carbons (Fsp3) is 0.333. The highest BCUT2D eigenvalue weighted by Gasteiger charge is 2.32. The molecule has 0 radical (unpaired) electrons. The number of hydrogen-bond acceptors (Lipinski definition) is 4. The van der Waals surface area contributed by atoms with Crippen molar-refractivity contribution in [2.45, 2.75) is 19.4 Å². The number of rotatable bonds is 6. The molecule has 0 spiro atoms. The molecule has 28 heavy (non-hydrogen) atoms. The first-order valence-corrected chi connectivity index (χ1v) is 9.78. The Kier molecular flexibility index (Phi) is 4.89. The number of nitrogens with zero attached hydrogens (tertiary/aromatic N) is 2. The fourth-order valence-electron chi connectivity index (χ4n) is 3.38. The van der Waals surface area contributed by atoms with E-state index in [1.807, 2.05) is 36.4 Å². The van der Waals surface area contributed by atoms with E-state index in [9.17, 15) is 9.59 Å². The molecule has 3 amide bonds. The van der Waals surface area contributed by atoms with Gasteiger partial charge in [0.15, 0.2) is 0 Å². The molecular weight excluding hydrogens is 376 g/mol. The smallest absolute Gasteiger partial charge is 0.327 e. The largest absolute Gasteiger partial charge is 0.396 e. The highest BCUT2D eigenvalue weighted by atomic mass is 35.5. The molecule has 0 atom stereocenters. The van der Waals surface area contributed by atoms with Crippen LogP contribution in [0.15, 0.2) is 36.4 Å². The molecule has 1 saturated carbocycles. The van der Waals surface area contributed by atoms with Gasteiger partial charge in [-0.2, -0.15) is 0 Å². The van der Waals surface area contributed by atoms with Crippen LogP contribution >= 0.6 is 11.6 Å². The molecular formula is C21H23ClN4O2. The van der Waals surface area contributed by atoms with E-state index in [4.69, 9.17) is 17.3 Å². The Bertz CT molecular complexity index is 942. The quantitative estimate of drug-likeness (QED) is 0.573. The van der Waals surface area contributed by atoms with Crippen molar-refractivity contribution in [3.63, 3.8) is 0 Å². The average molecular weight is 399 g/mol. The summed E-state index contributed by atoms with van der Waals surface area (Å²) >= 11 is 6.57. The lowest BCUT2D eigenvalue weighted by Crippen LogP contribution is -2.29. The predicted molar refractivity (Wildman–Crippen MR) is 111 cm³/mol. The van der Waals surface area contributed by atoms with Crippen LogP contribution in [0.3, 0.4) is 0 Å². The van der Waals surface area contributed by atoms with Crippen LogP contribution in [0.5, 0.6) is 0 Å². The summed E-state index contributed by atoms with van der Waals surface area (Å²) in [7, 11) is 1.50. The summed E-state index contributed by atoms with van der Waals surface area (Å²) in [6.07, 6.45) is 2.54. The van der Waals surface area contributed by atoms with Crippen molar-refractivity contribution in [2.24, 2.45) is 5.92 Å². The van der Waals surface area contributed by atoms with Crippen LogP contribution in [0.25, 0.3) is 11.1 Å². The number of carbonyl (C=O) groups is 2. The molecule has 3 N–H and O–H groups in total. The molecule has 1 saturated heterocycles. The van der Waals surface area contributed by atoms with Crippen LogP contribution in [-0.2, 0) is 11.3 Å². The van der Waals surface area contributed by atoms with Gasteiger partial charge in [-0.05, 0) is 42.0 Å². The van der Waals surface area contributed by atoms with Crippen LogP contribution in [0.1, 0.15) is 18.4 Å². The Balaban J connectivity index is 1.54. The Morgan fingerprint density at radius 2 is 2.00 bits per heavy atom. The van der Waals surface area contributed by atoms with E-state index in [-0.39, 0.29) is 18.5 Å². The Morgan fingerprint density at radius 1 is 1.21 bits per heavy atom. The van der Waals surface area contributed by atoms with Crippen molar-refractivity contribution in [3.05, 3.63) is 47.0 Å². The zero-order chi connectivity index (χ0) is 19.8. The number of amides is 3. The SMILES string of the molecule is CN1C(=O)CN(Cc2cccc(-c3ccc(NCC4CC4)c(N)c3Cl)c2)C1=O. The first kappa shape index (κ1) is 18.6. The number of imide groups is 1. The van der Waals surface area contributed by atoms with E-state index < -0.39 is 0 Å². The van der Waals surface area contributed by atoms with Crippen molar-refractivity contribution in [3.8, 4) is 11.1 Å². The maximum atomic E-state index is 12.1. The summed E-state index contributed by atoms with van der Waals surface area (Å²) in [4.78, 5) is 26.5. The topological polar surface area (TPSA) is 78.7 Å². The van der Waals surface area contributed by atoms with Gasteiger partial charge in [-0.3, -0.25) is 9.69 Å². The third-order valence-corrected chi connectivity index (χ3v) is 5.73. The molecule has 0 aromatic heterocycles. The van der Waals surface area contributed by atoms with Gasteiger partial charge in [0.05, 0.1) is 16.4 Å². The number of urea groups is 1. The van der Waals surface area contributed by atoms with E-state index in [0.29, 0.717) is 17.3 Å². The molecule has 0 bridgehead atoms. The molecule has 2 aliphatic rings. The van der Waals surface area contributed by atoms with Gasteiger partial charge < -0.3 is 16.0 Å². The van der Waals surface area contributed by atoms with Gasteiger partial charge in [0.1, 0.15) is 6.54 Å². The van der Waals surface area contributed by atoms with Gasteiger partial charge in [-0.1, -0.05) is 35.9 Å². The molecule has 0 unspecified atom stereocenters. The number of likely N-dealkylation sites (N-methyl/N-ethyl adjacent to an activating group) is 1. The second-order valence-electron chi connectivity index (χ2n) is 7.50. The van der Waals surface area contributed by atoms with Gasteiger partial charge in [-0.25, -0.2) is 4.79 Å². The van der Waals surface area contributed by atoms with Crippen molar-refractivity contribution in [1.29, 1.82) is 0 Å². The predicted octanol–water partition coefficient (Wildman–Crippen LogP) is 3.81. The molecule has 4 rings (SSSR count). The fourth-order valence-corrected chi connectivity index (χ4v) is 3.66. The number of carbonyl (C=O) groups excluding carboxylic acids is 2. The average Bonchev–Trinajstić information content (AvgIpc) is 3.48. The second-order valence-corrected chi connectivity index (χ2v) is 7.88. The summed E-state index contributed by atoms with van der Waals surface area (Å²) in [5, 5.41) is 3.90. The van der Waals surface area contributed by atoms with Crippen molar-refractivity contribution >= 4 is 34.9 Å². The van der Waals surface area contributed by atoms with Crippen molar-refractivity contribution in [2.75, 3.05) is 31.2 Å². The standard InChI is InChI=1S/C21H23ClN4O2/c1-25-18(27)12-26(21(25)28)11-14-3-2-4-15(9-14)16-7-8-17(20(23)19(16)22)24-10-13-5-6-13/h2-4,7-9,13,24H,5-6,10-12,23H2,1H3. The van der Waals surface area contributed by atoms with Crippen molar-refractivity contribution in [1.82, 2.24) is 9.80 Å². The summed E-state index contributed by atoms with van der Waals surface area (Å²) in [5.41, 5.74) is 10.4. The molecule has 1 heterocycles. The first-order chi connectivity index (χ1) is 13.4. The molecule has 1 aliphatic heterocycles. The van der Waals surface area contributed by atoms with Crippen LogP contribution in [0, 0.1) is 5.92 Å². The summed E-state index contributed by atoms with van der Waals surface area (Å²) < 4.78 is 0. The molecule has 146 valence electrons. The number of anilines is 2. The molecule has 2 fully saturated rings. The summed E-state index contributed by atoms with van der Waals surface area (Å²) in [5.74, 6) is 0.556. The van der Waals surface area contributed by atoms with Crippen molar-refractivity contribution < 1.29 is 9.59 Å². The zero-order valence-electron chi connectivity index (χ0n) is 15.7. The normalized spacial score (nSPS) is 16.8. The van der Waals surface area contributed by atoms with E-state index in [2.05, 4.69) is 5.32 Å². The molecule has 6 nitrogen and oxygen atoms in total. The van der Waals surface area contributed by atoms with Gasteiger partial charge in [0.25, 0.3) is 0 Å². The van der Waals surface area contributed by atoms with E-state index in [1.54, 1.807) is 0 Å². The highest BCUT2D eigenvalue weighted by Crippen LogP contribution is 2.38. The maximum absolute atomic E-state index is 12.1. The Hall–Kier alpha value is -2.73. The molecule has 1 aliphatic carbocycles. The Labute approximate surface area is 169 Å². The van der Waals surface area contributed by atoms with E-state index in [0.717, 1.165) is 39.7 Å². The third-order valence-electron chi connectivity index (χ3n) is 5.33. The number of halogens is 1. The highest BCUT2D eigenvalue weighted by molar-refractivity contribution is 6.36. The number of benzene rings is 2. The molecule has 2 aromatic carbocycles. The zero-order valence-corrected chi connectivity index (χ0v) is 16.5. The summed E-state index contributed by atoms with van der Waals surface area (Å²) in [6.45, 7) is 1.40. The maximum Gasteiger partial charge on any atom is 0.327 e. The lowest BCUT2D eigenvalue weighted by molar-refractivity contribution is -0.124. The number of hydrogen-bond donors (Lipinski definition) is 2. The van der Waals surface area contributed by atoms with Crippen LogP contribution in [0.2, 0.25) is 5.02 Å². The van der Waals surface area contributed by atoms with Gasteiger partial charge in [0, 0.05) is 25.7 Å². The van der Waals surface area contributed by atoms with Crippen LogP contribution in [-0.4, -0.2) is 41.9 Å². The number of nitrogens with two attached hydrogens (primary N) is 1. The number of nitrogen functional groups attached to an aromatic ring is 1. The Morgan fingerprint density at radius 3 is 2.68 bits per heavy atom. The lowest BCUT2D eigenvalue weighted by Gasteiger charge is -2.16. The summed E-state index contributed by atoms with van der Waals surface area (Å²) in [6, 6.07) is 11.4. The lowest BCUT2D eigenvalue weighted by atomic mass is 10.0. The third kappa shape index (κ3) is 3.64. The second kappa shape index (κ2) is 7.36. The van der Waals surface area contributed by atoms with E-state index >= 15 is 0 Å². The van der Waals surface area contributed by atoms with Gasteiger partial charge in [0.2, 0.25) is 5.91 Å². The monoisotopic (exact) mass is 398 g/mol. The van der Waals surface area contributed by atoms with E-state index in [1.165, 1.54) is 24.8 Å².